The van der Waals surface area contributed by atoms with E-state index in [-0.39, 0.29) is 25.7 Å². The second-order valence-corrected chi connectivity index (χ2v) is 5.48. The first kappa shape index (κ1) is 22.1. The van der Waals surface area contributed by atoms with Crippen LogP contribution < -0.4 is 0 Å². The predicted molar refractivity (Wildman–Crippen MR) is 99.7 cm³/mol. The maximum absolute atomic E-state index is 12.5. The van der Waals surface area contributed by atoms with Crippen molar-refractivity contribution in [1.29, 1.82) is 0 Å². The highest BCUT2D eigenvalue weighted by Gasteiger charge is 2.31. The van der Waals surface area contributed by atoms with E-state index in [0.717, 1.165) is 0 Å². The van der Waals surface area contributed by atoms with Crippen LogP contribution in [0.2, 0.25) is 0 Å². The van der Waals surface area contributed by atoms with Crippen molar-refractivity contribution >= 4 is 24.1 Å². The molecule has 8 nitrogen and oxygen atoms in total. The van der Waals surface area contributed by atoms with Gasteiger partial charge in [-0.15, -0.1) is 0 Å². The minimum atomic E-state index is -0.969. The lowest BCUT2D eigenvalue weighted by Crippen LogP contribution is -2.43. The van der Waals surface area contributed by atoms with Crippen molar-refractivity contribution in [3.63, 3.8) is 0 Å². The SMILES string of the molecule is CCCOC(=O)N=C(c1ccccc1)N(C(=O)OCCC)C(=O)OCCC. The summed E-state index contributed by atoms with van der Waals surface area (Å²) in [4.78, 5) is 41.4. The maximum Gasteiger partial charge on any atom is 0.435 e. The second-order valence-electron chi connectivity index (χ2n) is 5.48. The fourth-order valence-corrected chi connectivity index (χ4v) is 1.89. The Kier molecular flexibility index (Phi) is 10.2. The minimum absolute atomic E-state index is 0.110. The van der Waals surface area contributed by atoms with Gasteiger partial charge in [-0.1, -0.05) is 51.1 Å². The molecule has 0 saturated heterocycles. The number of amidine groups is 1. The average Bonchev–Trinajstić information content (AvgIpc) is 2.69. The Morgan fingerprint density at radius 2 is 1.30 bits per heavy atom. The van der Waals surface area contributed by atoms with Gasteiger partial charge in [0.15, 0.2) is 5.84 Å². The molecule has 27 heavy (non-hydrogen) atoms. The smallest absolute Gasteiger partial charge is 0.435 e. The van der Waals surface area contributed by atoms with Gasteiger partial charge in [-0.05, 0) is 19.3 Å². The second kappa shape index (κ2) is 12.5. The van der Waals surface area contributed by atoms with Crippen molar-refractivity contribution in [3.8, 4) is 0 Å². The maximum atomic E-state index is 12.5. The number of nitrogens with zero attached hydrogens (tertiary/aromatic N) is 2. The first-order valence-corrected chi connectivity index (χ1v) is 8.99. The summed E-state index contributed by atoms with van der Waals surface area (Å²) in [7, 11) is 0. The molecule has 1 aromatic rings. The fourth-order valence-electron chi connectivity index (χ4n) is 1.89. The van der Waals surface area contributed by atoms with Gasteiger partial charge in [0.2, 0.25) is 0 Å². The van der Waals surface area contributed by atoms with Crippen LogP contribution in [0, 0.1) is 0 Å². The van der Waals surface area contributed by atoms with E-state index in [2.05, 4.69) is 4.99 Å². The standard InChI is InChI=1S/C19H26N2O6/c1-4-12-25-17(22)20-16(15-10-8-7-9-11-15)21(18(23)26-13-5-2)19(24)27-14-6-3/h7-11H,4-6,12-14H2,1-3H3. The van der Waals surface area contributed by atoms with Crippen LogP contribution in [0.5, 0.6) is 0 Å². The van der Waals surface area contributed by atoms with Crippen LogP contribution in [0.25, 0.3) is 0 Å². The molecule has 0 bridgehead atoms. The van der Waals surface area contributed by atoms with Crippen molar-refractivity contribution < 1.29 is 28.6 Å². The molecule has 148 valence electrons. The molecule has 0 aromatic heterocycles. The lowest BCUT2D eigenvalue weighted by molar-refractivity contribution is 0.0960. The van der Waals surface area contributed by atoms with Gasteiger partial charge in [-0.25, -0.2) is 14.4 Å². The van der Waals surface area contributed by atoms with Crippen molar-refractivity contribution in [2.45, 2.75) is 40.0 Å². The largest absolute Gasteiger partial charge is 0.449 e. The van der Waals surface area contributed by atoms with Gasteiger partial charge in [-0.2, -0.15) is 9.89 Å². The number of carbonyl (C=O) groups excluding carboxylic acids is 3. The third-order valence-corrected chi connectivity index (χ3v) is 3.10. The van der Waals surface area contributed by atoms with Crippen LogP contribution in [0.1, 0.15) is 45.6 Å². The highest BCUT2D eigenvalue weighted by Crippen LogP contribution is 2.12. The van der Waals surface area contributed by atoms with Gasteiger partial charge in [0.1, 0.15) is 0 Å². The molecule has 0 aliphatic heterocycles. The van der Waals surface area contributed by atoms with E-state index >= 15 is 0 Å². The summed E-state index contributed by atoms with van der Waals surface area (Å²) in [6.07, 6.45) is -1.09. The van der Waals surface area contributed by atoms with Crippen molar-refractivity contribution in [2.24, 2.45) is 4.99 Å². The van der Waals surface area contributed by atoms with Crippen LogP contribution in [-0.2, 0) is 14.2 Å². The van der Waals surface area contributed by atoms with Crippen LogP contribution >= 0.6 is 0 Å². The summed E-state index contributed by atoms with van der Waals surface area (Å²) in [6.45, 7) is 5.87. The molecule has 0 aliphatic carbocycles. The highest BCUT2D eigenvalue weighted by molar-refractivity contribution is 6.17. The van der Waals surface area contributed by atoms with Crippen molar-refractivity contribution in [2.75, 3.05) is 19.8 Å². The van der Waals surface area contributed by atoms with E-state index in [9.17, 15) is 14.4 Å². The zero-order valence-electron chi connectivity index (χ0n) is 16.0. The quantitative estimate of drug-likeness (QED) is 0.397. The number of carbonyl (C=O) groups is 3. The van der Waals surface area contributed by atoms with E-state index in [1.807, 2.05) is 20.8 Å². The zero-order chi connectivity index (χ0) is 20.1. The lowest BCUT2D eigenvalue weighted by atomic mass is 10.2. The van der Waals surface area contributed by atoms with Crippen LogP contribution in [-0.4, -0.2) is 48.8 Å². The van der Waals surface area contributed by atoms with Gasteiger partial charge >= 0.3 is 18.3 Å². The molecule has 0 spiro atoms. The lowest BCUT2D eigenvalue weighted by Gasteiger charge is -2.21. The molecule has 1 rings (SSSR count). The van der Waals surface area contributed by atoms with Gasteiger partial charge in [0.25, 0.3) is 0 Å². The molecule has 0 saturated carbocycles. The fraction of sp³-hybridized carbons (Fsp3) is 0.474. The van der Waals surface area contributed by atoms with E-state index < -0.39 is 18.3 Å². The summed E-state index contributed by atoms with van der Waals surface area (Å²) in [5, 5.41) is 0. The molecular weight excluding hydrogens is 352 g/mol. The van der Waals surface area contributed by atoms with E-state index in [0.29, 0.717) is 29.7 Å². The van der Waals surface area contributed by atoms with Crippen molar-refractivity contribution in [3.05, 3.63) is 35.9 Å². The summed E-state index contributed by atoms with van der Waals surface area (Å²) in [5.74, 6) is -0.209. The first-order valence-electron chi connectivity index (χ1n) is 8.99. The number of rotatable bonds is 7. The van der Waals surface area contributed by atoms with Gasteiger partial charge in [-0.3, -0.25) is 0 Å². The Morgan fingerprint density at radius 1 is 0.815 bits per heavy atom. The third kappa shape index (κ3) is 7.47. The van der Waals surface area contributed by atoms with Crippen molar-refractivity contribution in [1.82, 2.24) is 4.90 Å². The topological polar surface area (TPSA) is 94.5 Å². The van der Waals surface area contributed by atoms with Crippen LogP contribution in [0.15, 0.2) is 35.3 Å². The summed E-state index contributed by atoms with van der Waals surface area (Å²) < 4.78 is 15.1. The molecule has 1 aromatic carbocycles. The number of aliphatic imine (C=N–C) groups is 1. The summed E-state index contributed by atoms with van der Waals surface area (Å²) in [6, 6.07) is 8.36. The molecule has 0 heterocycles. The number of amides is 3. The summed E-state index contributed by atoms with van der Waals surface area (Å²) in [5.41, 5.74) is 0.368. The number of hydrogen-bond donors (Lipinski definition) is 0. The first-order chi connectivity index (χ1) is 13.0. The Hall–Kier alpha value is -2.90. The highest BCUT2D eigenvalue weighted by atomic mass is 16.6. The molecular formula is C19H26N2O6. The van der Waals surface area contributed by atoms with Crippen LogP contribution in [0.3, 0.4) is 0 Å². The Morgan fingerprint density at radius 3 is 1.78 bits per heavy atom. The Bertz CT molecular complexity index is 625. The Labute approximate surface area is 159 Å². The molecule has 0 N–H and O–H groups in total. The van der Waals surface area contributed by atoms with Gasteiger partial charge in [0.05, 0.1) is 19.8 Å². The molecule has 0 unspecified atom stereocenters. The predicted octanol–water partition coefficient (Wildman–Crippen LogP) is 4.38. The number of benzene rings is 1. The molecule has 3 amide bonds. The molecule has 8 heteroatoms. The number of hydrogen-bond acceptors (Lipinski definition) is 6. The molecule has 0 aliphatic rings. The number of ether oxygens (including phenoxy) is 3. The van der Waals surface area contributed by atoms with Gasteiger partial charge in [0, 0.05) is 5.56 Å². The summed E-state index contributed by atoms with van der Waals surface area (Å²) >= 11 is 0. The minimum Gasteiger partial charge on any atom is -0.449 e. The third-order valence-electron chi connectivity index (χ3n) is 3.10. The van der Waals surface area contributed by atoms with E-state index in [1.165, 1.54) is 0 Å². The molecule has 0 radical (unpaired) electrons. The van der Waals surface area contributed by atoms with E-state index in [4.69, 9.17) is 14.2 Å². The molecule has 0 atom stereocenters. The zero-order valence-corrected chi connectivity index (χ0v) is 16.0. The molecule has 0 fully saturated rings. The normalized spacial score (nSPS) is 10.9. The Balaban J connectivity index is 3.30. The monoisotopic (exact) mass is 378 g/mol. The average molecular weight is 378 g/mol. The number of imide groups is 1. The van der Waals surface area contributed by atoms with E-state index in [1.54, 1.807) is 30.3 Å². The van der Waals surface area contributed by atoms with Crippen LogP contribution in [0.4, 0.5) is 14.4 Å². The van der Waals surface area contributed by atoms with Gasteiger partial charge < -0.3 is 14.2 Å².